The van der Waals surface area contributed by atoms with E-state index >= 15 is 0 Å². The Balaban J connectivity index is 2.97. The molecule has 0 heterocycles. The lowest BCUT2D eigenvalue weighted by atomic mass is 10.3. The van der Waals surface area contributed by atoms with Gasteiger partial charge < -0.3 is 15.1 Å². The van der Waals surface area contributed by atoms with Gasteiger partial charge in [0.05, 0.1) is 0 Å². The molecule has 48 valence electrons. The summed E-state index contributed by atoms with van der Waals surface area (Å²) in [5.74, 6) is 0. The second kappa shape index (κ2) is 4.70. The van der Waals surface area contributed by atoms with Crippen LogP contribution in [0.3, 0.4) is 0 Å². The Labute approximate surface area is 47.1 Å². The first-order valence-corrected chi connectivity index (χ1v) is 2.32. The first kappa shape index (κ1) is 7.55. The van der Waals surface area contributed by atoms with E-state index in [1.807, 2.05) is 0 Å². The molecular formula is C4H9NO3. The molecule has 0 aliphatic heterocycles. The van der Waals surface area contributed by atoms with Crippen molar-refractivity contribution in [2.24, 2.45) is 0 Å². The number of carbonyl (C=O) groups excluding carboxylic acids is 1. The third kappa shape index (κ3) is 3.73. The molecule has 0 rings (SSSR count). The van der Waals surface area contributed by atoms with Gasteiger partial charge in [0, 0.05) is 6.42 Å². The largest absolute Gasteiger partial charge is 0.376 e. The fourth-order valence-corrected chi connectivity index (χ4v) is 0.290. The van der Waals surface area contributed by atoms with Crippen molar-refractivity contribution in [3.8, 4) is 0 Å². The predicted octanol–water partition coefficient (Wildman–Crippen LogP) is -0.737. The van der Waals surface area contributed by atoms with Crippen LogP contribution >= 0.6 is 0 Å². The molecule has 1 unspecified atom stereocenters. The third-order valence-corrected chi connectivity index (χ3v) is 0.707. The van der Waals surface area contributed by atoms with E-state index < -0.39 is 6.23 Å². The van der Waals surface area contributed by atoms with E-state index in [4.69, 9.17) is 10.3 Å². The van der Waals surface area contributed by atoms with E-state index in [0.717, 1.165) is 0 Å². The number of aliphatic hydroxyl groups is 1. The quantitative estimate of drug-likeness (QED) is 0.259. The van der Waals surface area contributed by atoms with Crippen LogP contribution < -0.4 is 5.48 Å². The lowest BCUT2D eigenvalue weighted by molar-refractivity contribution is -0.108. The molecule has 3 N–H and O–H groups in total. The van der Waals surface area contributed by atoms with Crippen molar-refractivity contribution >= 4 is 6.29 Å². The average molecular weight is 119 g/mol. The fraction of sp³-hybridized carbons (Fsp3) is 0.750. The van der Waals surface area contributed by atoms with Crippen LogP contribution in [-0.4, -0.2) is 22.8 Å². The molecule has 0 aliphatic carbocycles. The Hall–Kier alpha value is -0.450. The highest BCUT2D eigenvalue weighted by Crippen LogP contribution is 1.87. The summed E-state index contributed by atoms with van der Waals surface area (Å²) in [6, 6.07) is 0. The second-order valence-corrected chi connectivity index (χ2v) is 1.39. The zero-order valence-corrected chi connectivity index (χ0v) is 4.37. The van der Waals surface area contributed by atoms with Crippen molar-refractivity contribution in [1.82, 2.24) is 5.48 Å². The molecule has 0 aromatic rings. The Bertz CT molecular complexity index is 66.3. The highest BCUT2D eigenvalue weighted by Gasteiger charge is 1.97. The summed E-state index contributed by atoms with van der Waals surface area (Å²) < 4.78 is 0. The van der Waals surface area contributed by atoms with Crippen LogP contribution in [0, 0.1) is 0 Å². The maximum atomic E-state index is 9.60. The van der Waals surface area contributed by atoms with E-state index in [0.29, 0.717) is 6.29 Å². The van der Waals surface area contributed by atoms with Crippen LogP contribution in [0.1, 0.15) is 12.8 Å². The van der Waals surface area contributed by atoms with Crippen LogP contribution in [0.5, 0.6) is 0 Å². The van der Waals surface area contributed by atoms with Gasteiger partial charge in [-0.1, -0.05) is 0 Å². The molecule has 0 fully saturated rings. The monoisotopic (exact) mass is 119 g/mol. The van der Waals surface area contributed by atoms with Crippen molar-refractivity contribution in [3.05, 3.63) is 0 Å². The Morgan fingerprint density at radius 3 is 2.75 bits per heavy atom. The molecule has 0 aliphatic rings. The number of aldehydes is 1. The van der Waals surface area contributed by atoms with Crippen molar-refractivity contribution in [3.63, 3.8) is 0 Å². The van der Waals surface area contributed by atoms with Gasteiger partial charge in [0.1, 0.15) is 12.5 Å². The first-order chi connectivity index (χ1) is 3.81. The summed E-state index contributed by atoms with van der Waals surface area (Å²) in [4.78, 5) is 9.60. The number of hydrogen-bond acceptors (Lipinski definition) is 4. The molecule has 0 aromatic heterocycles. The minimum atomic E-state index is -0.972. The molecule has 1 atom stereocenters. The zero-order valence-electron chi connectivity index (χ0n) is 4.37. The standard InChI is InChI=1S/C4H9NO3/c6-3-1-2-4(7)5-8/h3-5,7-8H,1-2H2. The Kier molecular flexibility index (Phi) is 4.44. The second-order valence-electron chi connectivity index (χ2n) is 1.39. The molecule has 0 saturated heterocycles. The van der Waals surface area contributed by atoms with E-state index in [9.17, 15) is 4.79 Å². The lowest BCUT2D eigenvalue weighted by Crippen LogP contribution is -2.24. The number of rotatable bonds is 4. The number of hydrogen-bond donors (Lipinski definition) is 3. The van der Waals surface area contributed by atoms with E-state index in [1.54, 1.807) is 5.48 Å². The minimum absolute atomic E-state index is 0.250. The third-order valence-electron chi connectivity index (χ3n) is 0.707. The molecule has 0 bridgehead atoms. The van der Waals surface area contributed by atoms with Gasteiger partial charge in [-0.05, 0) is 6.42 Å². The van der Waals surface area contributed by atoms with Crippen LogP contribution in [0.25, 0.3) is 0 Å². The molecule has 0 radical (unpaired) electrons. The minimum Gasteiger partial charge on any atom is -0.376 e. The summed E-state index contributed by atoms with van der Waals surface area (Å²) >= 11 is 0. The SMILES string of the molecule is O=CCCC(O)NO. The molecule has 4 heteroatoms. The van der Waals surface area contributed by atoms with Crippen molar-refractivity contribution in [2.45, 2.75) is 19.1 Å². The van der Waals surface area contributed by atoms with Crippen LogP contribution in [0.4, 0.5) is 0 Å². The topological polar surface area (TPSA) is 69.6 Å². The highest BCUT2D eigenvalue weighted by molar-refractivity contribution is 5.49. The molecule has 4 nitrogen and oxygen atoms in total. The van der Waals surface area contributed by atoms with Crippen LogP contribution in [0.15, 0.2) is 0 Å². The van der Waals surface area contributed by atoms with Gasteiger partial charge in [0.2, 0.25) is 0 Å². The van der Waals surface area contributed by atoms with Crippen LogP contribution in [0.2, 0.25) is 0 Å². The molecule has 0 amide bonds. The van der Waals surface area contributed by atoms with Crippen LogP contribution in [-0.2, 0) is 4.79 Å². The lowest BCUT2D eigenvalue weighted by Gasteiger charge is -2.02. The van der Waals surface area contributed by atoms with Crippen molar-refractivity contribution in [2.75, 3.05) is 0 Å². The number of hydroxylamine groups is 1. The van der Waals surface area contributed by atoms with E-state index in [2.05, 4.69) is 0 Å². The summed E-state index contributed by atoms with van der Waals surface area (Å²) in [5, 5.41) is 16.4. The Morgan fingerprint density at radius 1 is 1.75 bits per heavy atom. The van der Waals surface area contributed by atoms with Gasteiger partial charge in [-0.25, -0.2) is 0 Å². The number of carbonyl (C=O) groups is 1. The smallest absolute Gasteiger partial charge is 0.127 e. The molecule has 8 heavy (non-hydrogen) atoms. The summed E-state index contributed by atoms with van der Waals surface area (Å²) in [6.45, 7) is 0. The zero-order chi connectivity index (χ0) is 6.41. The maximum absolute atomic E-state index is 9.60. The summed E-state index contributed by atoms with van der Waals surface area (Å²) in [7, 11) is 0. The molecule has 0 saturated carbocycles. The van der Waals surface area contributed by atoms with Gasteiger partial charge in [-0.15, -0.1) is 0 Å². The van der Waals surface area contributed by atoms with Gasteiger partial charge in [0.15, 0.2) is 0 Å². The van der Waals surface area contributed by atoms with Crippen molar-refractivity contribution in [1.29, 1.82) is 0 Å². The summed E-state index contributed by atoms with van der Waals surface area (Å²) in [5.41, 5.74) is 1.60. The fourth-order valence-electron chi connectivity index (χ4n) is 0.290. The predicted molar refractivity (Wildman–Crippen MR) is 26.2 cm³/mol. The summed E-state index contributed by atoms with van der Waals surface area (Å²) in [6.07, 6.45) is 0.218. The maximum Gasteiger partial charge on any atom is 0.127 e. The number of aliphatic hydroxyl groups excluding tert-OH is 1. The molecular weight excluding hydrogens is 110 g/mol. The first-order valence-electron chi connectivity index (χ1n) is 2.32. The highest BCUT2D eigenvalue weighted by atomic mass is 16.5. The number of nitrogens with one attached hydrogen (secondary N) is 1. The van der Waals surface area contributed by atoms with E-state index in [1.165, 1.54) is 0 Å². The normalized spacial score (nSPS) is 13.2. The molecule has 0 spiro atoms. The molecule has 0 aromatic carbocycles. The van der Waals surface area contributed by atoms with Crippen molar-refractivity contribution < 1.29 is 15.1 Å². The van der Waals surface area contributed by atoms with E-state index in [-0.39, 0.29) is 12.8 Å². The van der Waals surface area contributed by atoms with Gasteiger partial charge in [0.25, 0.3) is 0 Å². The van der Waals surface area contributed by atoms with Gasteiger partial charge in [-0.3, -0.25) is 0 Å². The van der Waals surface area contributed by atoms with Gasteiger partial charge in [-0.2, -0.15) is 5.48 Å². The average Bonchev–Trinajstić information content (AvgIpc) is 1.83. The Morgan fingerprint density at radius 2 is 2.38 bits per heavy atom. The van der Waals surface area contributed by atoms with Gasteiger partial charge >= 0.3 is 0 Å².